The van der Waals surface area contributed by atoms with Crippen LogP contribution in [0.15, 0.2) is 18.2 Å². The summed E-state index contributed by atoms with van der Waals surface area (Å²) in [5.41, 5.74) is 1.24. The van der Waals surface area contributed by atoms with Gasteiger partial charge in [0.1, 0.15) is 5.82 Å². The van der Waals surface area contributed by atoms with Crippen LogP contribution >= 0.6 is 0 Å². The maximum atomic E-state index is 13.4. The van der Waals surface area contributed by atoms with Crippen molar-refractivity contribution in [2.45, 2.75) is 25.8 Å². The van der Waals surface area contributed by atoms with Gasteiger partial charge in [-0.2, -0.15) is 0 Å². The van der Waals surface area contributed by atoms with Crippen molar-refractivity contribution >= 4 is 11.6 Å². The molecule has 1 aliphatic carbocycles. The van der Waals surface area contributed by atoms with Crippen LogP contribution < -0.4 is 10.6 Å². The second-order valence-corrected chi connectivity index (χ2v) is 4.18. The fourth-order valence-electron chi connectivity index (χ4n) is 1.45. The molecule has 3 nitrogen and oxygen atoms in total. The Balaban J connectivity index is 1.85. The highest BCUT2D eigenvalue weighted by atomic mass is 19.1. The zero-order valence-electron chi connectivity index (χ0n) is 9.22. The lowest BCUT2D eigenvalue weighted by Gasteiger charge is -2.08. The third-order valence-electron chi connectivity index (χ3n) is 2.51. The number of hydrogen-bond acceptors (Lipinski definition) is 2. The highest BCUT2D eigenvalue weighted by Crippen LogP contribution is 2.18. The van der Waals surface area contributed by atoms with Gasteiger partial charge in [0.25, 0.3) is 0 Å². The van der Waals surface area contributed by atoms with Gasteiger partial charge in [0.15, 0.2) is 0 Å². The summed E-state index contributed by atoms with van der Waals surface area (Å²) in [4.78, 5) is 11.3. The van der Waals surface area contributed by atoms with Crippen molar-refractivity contribution in [3.63, 3.8) is 0 Å². The van der Waals surface area contributed by atoms with E-state index < -0.39 is 0 Å². The number of halogens is 1. The zero-order valence-corrected chi connectivity index (χ0v) is 9.22. The molecular weight excluding hydrogens is 207 g/mol. The van der Waals surface area contributed by atoms with Crippen molar-refractivity contribution < 1.29 is 9.18 Å². The quantitative estimate of drug-likeness (QED) is 0.816. The Hall–Kier alpha value is -1.58. The topological polar surface area (TPSA) is 41.1 Å². The molecule has 16 heavy (non-hydrogen) atoms. The Bertz CT molecular complexity index is 402. The molecule has 2 N–H and O–H groups in total. The number of carbonyl (C=O) groups is 1. The number of benzene rings is 1. The highest BCUT2D eigenvalue weighted by Gasteiger charge is 2.22. The summed E-state index contributed by atoms with van der Waals surface area (Å²) in [7, 11) is 0. The molecule has 2 rings (SSSR count). The molecule has 0 atom stereocenters. The fraction of sp³-hybridized carbons (Fsp3) is 0.417. The van der Waals surface area contributed by atoms with Crippen molar-refractivity contribution in [2.75, 3.05) is 11.9 Å². The number of aryl methyl sites for hydroxylation is 1. The van der Waals surface area contributed by atoms with Gasteiger partial charge >= 0.3 is 0 Å². The van der Waals surface area contributed by atoms with Crippen molar-refractivity contribution in [1.82, 2.24) is 5.32 Å². The molecule has 0 bridgehead atoms. The fourth-order valence-corrected chi connectivity index (χ4v) is 1.45. The van der Waals surface area contributed by atoms with Crippen LogP contribution in [0.2, 0.25) is 0 Å². The van der Waals surface area contributed by atoms with E-state index in [2.05, 4.69) is 10.6 Å². The van der Waals surface area contributed by atoms with Crippen molar-refractivity contribution in [3.05, 3.63) is 29.6 Å². The number of anilines is 1. The molecule has 0 aliphatic heterocycles. The average molecular weight is 222 g/mol. The van der Waals surface area contributed by atoms with Gasteiger partial charge in [0.05, 0.1) is 12.2 Å². The number of amides is 1. The summed E-state index contributed by atoms with van der Waals surface area (Å²) >= 11 is 0. The summed E-state index contributed by atoms with van der Waals surface area (Å²) in [6.45, 7) is 1.95. The van der Waals surface area contributed by atoms with E-state index in [0.717, 1.165) is 18.4 Å². The van der Waals surface area contributed by atoms with Gasteiger partial charge in [-0.1, -0.05) is 6.07 Å². The SMILES string of the molecule is Cc1ccc(NCC(=O)NC2CC2)c(F)c1. The lowest BCUT2D eigenvalue weighted by molar-refractivity contribution is -0.119. The van der Waals surface area contributed by atoms with Crippen molar-refractivity contribution in [1.29, 1.82) is 0 Å². The molecule has 4 heteroatoms. The predicted octanol–water partition coefficient (Wildman–Crippen LogP) is 1.82. The minimum absolute atomic E-state index is 0.0810. The van der Waals surface area contributed by atoms with Gasteiger partial charge < -0.3 is 10.6 Å². The Kier molecular flexibility index (Phi) is 3.08. The van der Waals surface area contributed by atoms with E-state index >= 15 is 0 Å². The standard InChI is InChI=1S/C12H15FN2O/c1-8-2-5-11(10(13)6-8)14-7-12(16)15-9-3-4-9/h2,5-6,9,14H,3-4,7H2,1H3,(H,15,16). The van der Waals surface area contributed by atoms with E-state index in [1.807, 2.05) is 13.0 Å². The Morgan fingerprint density at radius 1 is 1.50 bits per heavy atom. The first-order chi connectivity index (χ1) is 7.65. The van der Waals surface area contributed by atoms with Crippen LogP contribution in [0.5, 0.6) is 0 Å². The smallest absolute Gasteiger partial charge is 0.239 e. The first-order valence-corrected chi connectivity index (χ1v) is 5.44. The molecule has 1 fully saturated rings. The average Bonchev–Trinajstić information content (AvgIpc) is 3.00. The van der Waals surface area contributed by atoms with Crippen molar-refractivity contribution in [3.8, 4) is 0 Å². The van der Waals surface area contributed by atoms with E-state index in [0.29, 0.717) is 11.7 Å². The Morgan fingerprint density at radius 3 is 2.88 bits per heavy atom. The summed E-state index contributed by atoms with van der Waals surface area (Å²) in [5, 5.41) is 5.62. The van der Waals surface area contributed by atoms with Crippen LogP contribution in [0, 0.1) is 12.7 Å². The molecule has 86 valence electrons. The third-order valence-corrected chi connectivity index (χ3v) is 2.51. The molecule has 1 amide bonds. The highest BCUT2D eigenvalue weighted by molar-refractivity contribution is 5.81. The summed E-state index contributed by atoms with van der Waals surface area (Å²) < 4.78 is 13.4. The van der Waals surface area contributed by atoms with E-state index in [4.69, 9.17) is 0 Å². The molecule has 0 radical (unpaired) electrons. The van der Waals surface area contributed by atoms with Crippen LogP contribution in [0.3, 0.4) is 0 Å². The van der Waals surface area contributed by atoms with Crippen LogP contribution in [0.25, 0.3) is 0 Å². The number of hydrogen-bond donors (Lipinski definition) is 2. The largest absolute Gasteiger partial charge is 0.374 e. The lowest BCUT2D eigenvalue weighted by Crippen LogP contribution is -2.31. The van der Waals surface area contributed by atoms with E-state index in [1.165, 1.54) is 6.07 Å². The summed E-state index contributed by atoms with van der Waals surface area (Å²) in [6.07, 6.45) is 2.12. The maximum absolute atomic E-state index is 13.4. The van der Waals surface area contributed by atoms with E-state index in [9.17, 15) is 9.18 Å². The molecule has 1 aromatic carbocycles. The molecule has 0 heterocycles. The summed E-state index contributed by atoms with van der Waals surface area (Å²) in [5.74, 6) is -0.401. The Labute approximate surface area is 94.0 Å². The van der Waals surface area contributed by atoms with Crippen LogP contribution in [-0.2, 0) is 4.79 Å². The van der Waals surface area contributed by atoms with Gasteiger partial charge in [-0.05, 0) is 37.5 Å². The molecule has 1 aromatic rings. The van der Waals surface area contributed by atoms with Gasteiger partial charge in [0, 0.05) is 6.04 Å². The monoisotopic (exact) mass is 222 g/mol. The summed E-state index contributed by atoms with van der Waals surface area (Å²) in [6, 6.07) is 5.25. The van der Waals surface area contributed by atoms with Crippen LogP contribution in [0.1, 0.15) is 18.4 Å². The molecule has 0 saturated heterocycles. The molecule has 0 spiro atoms. The van der Waals surface area contributed by atoms with Gasteiger partial charge in [-0.3, -0.25) is 4.79 Å². The lowest BCUT2D eigenvalue weighted by atomic mass is 10.2. The first kappa shape index (κ1) is 10.9. The second kappa shape index (κ2) is 4.51. The number of rotatable bonds is 4. The van der Waals surface area contributed by atoms with E-state index in [-0.39, 0.29) is 18.3 Å². The number of carbonyl (C=O) groups excluding carboxylic acids is 1. The molecule has 0 unspecified atom stereocenters. The third kappa shape index (κ3) is 2.95. The minimum Gasteiger partial charge on any atom is -0.374 e. The number of nitrogens with one attached hydrogen (secondary N) is 2. The first-order valence-electron chi connectivity index (χ1n) is 5.44. The molecular formula is C12H15FN2O. The molecule has 0 aromatic heterocycles. The zero-order chi connectivity index (χ0) is 11.5. The Morgan fingerprint density at radius 2 is 2.25 bits per heavy atom. The maximum Gasteiger partial charge on any atom is 0.239 e. The van der Waals surface area contributed by atoms with Crippen LogP contribution in [0.4, 0.5) is 10.1 Å². The molecule has 1 aliphatic rings. The normalized spacial score (nSPS) is 14.6. The van der Waals surface area contributed by atoms with Gasteiger partial charge in [0.2, 0.25) is 5.91 Å². The predicted molar refractivity (Wildman–Crippen MR) is 60.8 cm³/mol. The minimum atomic E-state index is -0.320. The molecule has 1 saturated carbocycles. The van der Waals surface area contributed by atoms with Gasteiger partial charge in [-0.25, -0.2) is 4.39 Å². The van der Waals surface area contributed by atoms with Crippen molar-refractivity contribution in [2.24, 2.45) is 0 Å². The van der Waals surface area contributed by atoms with E-state index in [1.54, 1.807) is 6.07 Å². The van der Waals surface area contributed by atoms with Crippen LogP contribution in [-0.4, -0.2) is 18.5 Å². The van der Waals surface area contributed by atoms with Gasteiger partial charge in [-0.15, -0.1) is 0 Å². The second-order valence-electron chi connectivity index (χ2n) is 4.18.